The van der Waals surface area contributed by atoms with Crippen molar-refractivity contribution < 1.29 is 24.5 Å². The van der Waals surface area contributed by atoms with Gasteiger partial charge in [-0.2, -0.15) is 0 Å². The third-order valence-electron chi connectivity index (χ3n) is 17.3. The molecule has 0 saturated carbocycles. The molecule has 0 aromatic carbocycles. The number of allylic oxidation sites excluding steroid dienone is 2. The van der Waals surface area contributed by atoms with Gasteiger partial charge in [0, 0.05) is 12.8 Å². The van der Waals surface area contributed by atoms with Crippen LogP contribution in [0.15, 0.2) is 12.2 Å². The van der Waals surface area contributed by atoms with Crippen LogP contribution in [0.2, 0.25) is 0 Å². The number of aliphatic hydroxyl groups is 2. The van der Waals surface area contributed by atoms with E-state index in [4.69, 9.17) is 4.74 Å². The van der Waals surface area contributed by atoms with E-state index >= 15 is 0 Å². The van der Waals surface area contributed by atoms with E-state index in [1.165, 1.54) is 340 Å². The Kier molecular flexibility index (Phi) is 67.9. The Morgan fingerprint density at radius 3 is 0.899 bits per heavy atom. The number of carbonyl (C=O) groups is 2. The van der Waals surface area contributed by atoms with Gasteiger partial charge in [-0.25, -0.2) is 0 Å². The number of ether oxygens (including phenoxy) is 1. The van der Waals surface area contributed by atoms with E-state index in [1.54, 1.807) is 0 Å². The lowest BCUT2D eigenvalue weighted by molar-refractivity contribution is -0.143. The van der Waals surface area contributed by atoms with E-state index in [0.717, 1.165) is 44.9 Å². The van der Waals surface area contributed by atoms with Gasteiger partial charge in [-0.1, -0.05) is 366 Å². The molecule has 0 aliphatic rings. The molecule has 0 aromatic rings. The monoisotopic (exact) mass is 1110 g/mol. The second-order valence-electron chi connectivity index (χ2n) is 25.3. The number of hydrogen-bond donors (Lipinski definition) is 3. The summed E-state index contributed by atoms with van der Waals surface area (Å²) in [7, 11) is 0. The van der Waals surface area contributed by atoms with Crippen LogP contribution in [0.3, 0.4) is 0 Å². The standard InChI is InChI=1S/C73H143NO5/c1-3-5-7-9-11-13-15-17-19-39-43-47-51-55-59-63-67-73(78)79-68-64-60-56-52-48-44-40-37-35-33-31-29-27-25-23-21-20-22-24-26-28-30-32-34-36-38-42-46-50-54-58-62-66-72(77)74-70(69-75)71(76)65-61-57-53-49-45-41-18-16-14-12-10-8-6-4-2/h19,39,70-71,75-76H,3-18,20-38,40-69H2,1-2H3,(H,74,77)/b39-19-. The third-order valence-corrected chi connectivity index (χ3v) is 17.3. The van der Waals surface area contributed by atoms with Gasteiger partial charge < -0.3 is 20.3 Å². The smallest absolute Gasteiger partial charge is 0.305 e. The molecule has 0 aliphatic carbocycles. The number of nitrogens with one attached hydrogen (secondary N) is 1. The van der Waals surface area contributed by atoms with Gasteiger partial charge in [0.05, 0.1) is 25.4 Å². The van der Waals surface area contributed by atoms with Crippen molar-refractivity contribution >= 4 is 11.9 Å². The Morgan fingerprint density at radius 1 is 0.342 bits per heavy atom. The van der Waals surface area contributed by atoms with Crippen LogP contribution in [0.5, 0.6) is 0 Å². The normalized spacial score (nSPS) is 12.5. The number of rotatable bonds is 69. The van der Waals surface area contributed by atoms with Crippen molar-refractivity contribution in [2.45, 2.75) is 431 Å². The summed E-state index contributed by atoms with van der Waals surface area (Å²) >= 11 is 0. The number of esters is 1. The highest BCUT2D eigenvalue weighted by Gasteiger charge is 2.20. The Bertz CT molecular complexity index is 1190. The molecule has 1 amide bonds. The zero-order valence-electron chi connectivity index (χ0n) is 53.9. The van der Waals surface area contributed by atoms with Crippen molar-refractivity contribution in [1.29, 1.82) is 0 Å². The van der Waals surface area contributed by atoms with E-state index in [-0.39, 0.29) is 18.5 Å². The molecule has 0 fully saturated rings. The van der Waals surface area contributed by atoms with E-state index in [9.17, 15) is 19.8 Å². The van der Waals surface area contributed by atoms with Gasteiger partial charge in [0.1, 0.15) is 0 Å². The molecule has 0 aliphatic heterocycles. The van der Waals surface area contributed by atoms with Crippen LogP contribution < -0.4 is 5.32 Å². The number of carbonyl (C=O) groups excluding carboxylic acids is 2. The number of hydrogen-bond acceptors (Lipinski definition) is 5. The molecule has 0 spiro atoms. The maximum atomic E-state index is 12.5. The highest BCUT2D eigenvalue weighted by molar-refractivity contribution is 5.76. The van der Waals surface area contributed by atoms with Gasteiger partial charge in [0.2, 0.25) is 5.91 Å². The molecule has 0 bridgehead atoms. The highest BCUT2D eigenvalue weighted by atomic mass is 16.5. The molecule has 2 atom stereocenters. The fourth-order valence-electron chi connectivity index (χ4n) is 11.8. The first kappa shape index (κ1) is 77.6. The molecule has 79 heavy (non-hydrogen) atoms. The van der Waals surface area contributed by atoms with E-state index in [0.29, 0.717) is 25.9 Å². The summed E-state index contributed by atoms with van der Waals surface area (Å²) in [5.74, 6) is -0.0126. The van der Waals surface area contributed by atoms with Crippen molar-refractivity contribution in [3.05, 3.63) is 12.2 Å². The molecule has 470 valence electrons. The summed E-state index contributed by atoms with van der Waals surface area (Å²) in [4.78, 5) is 24.6. The SMILES string of the molecule is CCCCCCCCC/C=C\CCCCCCCC(=O)OCCCCCCCCCCCCCCCCCCCCCCCCCCCCCCCCCCC(=O)NC(CO)C(O)CCCCCCCCCCCCCCCC. The Hall–Kier alpha value is -1.40. The highest BCUT2D eigenvalue weighted by Crippen LogP contribution is 2.19. The molecule has 0 aromatic heterocycles. The predicted molar refractivity (Wildman–Crippen MR) is 347 cm³/mol. The molecule has 6 heteroatoms. The molecule has 3 N–H and O–H groups in total. The number of unbranched alkanes of at least 4 members (excludes halogenated alkanes) is 56. The topological polar surface area (TPSA) is 95.9 Å². The van der Waals surface area contributed by atoms with E-state index < -0.39 is 12.1 Å². The molecular weight excluding hydrogens is 971 g/mol. The fourth-order valence-corrected chi connectivity index (χ4v) is 11.8. The first-order valence-electron chi connectivity index (χ1n) is 36.4. The van der Waals surface area contributed by atoms with Crippen molar-refractivity contribution in [2.24, 2.45) is 0 Å². The number of aliphatic hydroxyl groups excluding tert-OH is 2. The summed E-state index contributed by atoms with van der Waals surface area (Å²) in [6.07, 6.45) is 85.7. The molecule has 0 rings (SSSR count). The zero-order valence-corrected chi connectivity index (χ0v) is 53.9. The summed E-state index contributed by atoms with van der Waals surface area (Å²) in [5.41, 5.74) is 0. The Labute approximate surface area is 495 Å². The van der Waals surface area contributed by atoms with Gasteiger partial charge in [-0.15, -0.1) is 0 Å². The summed E-state index contributed by atoms with van der Waals surface area (Å²) in [6.45, 7) is 4.99. The largest absolute Gasteiger partial charge is 0.466 e. The average molecular weight is 1110 g/mol. The number of amides is 1. The Balaban J connectivity index is 3.30. The van der Waals surface area contributed by atoms with Gasteiger partial charge in [-0.05, 0) is 51.4 Å². The minimum atomic E-state index is -0.660. The molecule has 2 unspecified atom stereocenters. The van der Waals surface area contributed by atoms with Crippen molar-refractivity contribution in [2.75, 3.05) is 13.2 Å². The molecule has 0 heterocycles. The summed E-state index contributed by atoms with van der Waals surface area (Å²) in [6, 6.07) is -0.537. The predicted octanol–water partition coefficient (Wildman–Crippen LogP) is 23.5. The van der Waals surface area contributed by atoms with Crippen LogP contribution >= 0.6 is 0 Å². The van der Waals surface area contributed by atoms with Crippen molar-refractivity contribution in [3.8, 4) is 0 Å². The van der Waals surface area contributed by atoms with Gasteiger partial charge in [0.25, 0.3) is 0 Å². The zero-order chi connectivity index (χ0) is 57.1. The minimum Gasteiger partial charge on any atom is -0.466 e. The molecule has 6 nitrogen and oxygen atoms in total. The molecular formula is C73H143NO5. The summed E-state index contributed by atoms with van der Waals surface area (Å²) < 4.78 is 5.50. The van der Waals surface area contributed by atoms with Crippen LogP contribution in [0.25, 0.3) is 0 Å². The van der Waals surface area contributed by atoms with Crippen LogP contribution in [-0.4, -0.2) is 47.4 Å². The van der Waals surface area contributed by atoms with Gasteiger partial charge >= 0.3 is 5.97 Å². The van der Waals surface area contributed by atoms with Crippen LogP contribution in [0, 0.1) is 0 Å². The first-order chi connectivity index (χ1) is 39.0. The van der Waals surface area contributed by atoms with Crippen LogP contribution in [0.1, 0.15) is 418 Å². The quantitative estimate of drug-likeness (QED) is 0.0320. The third kappa shape index (κ3) is 65.6. The maximum Gasteiger partial charge on any atom is 0.305 e. The average Bonchev–Trinajstić information content (AvgIpc) is 3.45. The lowest BCUT2D eigenvalue weighted by Crippen LogP contribution is -2.45. The Morgan fingerprint density at radius 2 is 0.595 bits per heavy atom. The summed E-state index contributed by atoms with van der Waals surface area (Å²) in [5, 5.41) is 23.3. The second-order valence-corrected chi connectivity index (χ2v) is 25.3. The first-order valence-corrected chi connectivity index (χ1v) is 36.4. The lowest BCUT2D eigenvalue weighted by Gasteiger charge is -2.22. The fraction of sp³-hybridized carbons (Fsp3) is 0.945. The second kappa shape index (κ2) is 69.1. The van der Waals surface area contributed by atoms with Gasteiger partial charge in [0.15, 0.2) is 0 Å². The van der Waals surface area contributed by atoms with Gasteiger partial charge in [-0.3, -0.25) is 9.59 Å². The molecule has 0 radical (unpaired) electrons. The van der Waals surface area contributed by atoms with Crippen LogP contribution in [0.4, 0.5) is 0 Å². The van der Waals surface area contributed by atoms with Crippen molar-refractivity contribution in [3.63, 3.8) is 0 Å². The van der Waals surface area contributed by atoms with Crippen molar-refractivity contribution in [1.82, 2.24) is 5.32 Å². The van der Waals surface area contributed by atoms with Crippen LogP contribution in [-0.2, 0) is 14.3 Å². The van der Waals surface area contributed by atoms with E-state index in [2.05, 4.69) is 31.3 Å². The maximum absolute atomic E-state index is 12.5. The lowest BCUT2D eigenvalue weighted by atomic mass is 10.0. The minimum absolute atomic E-state index is 0.0148. The molecule has 0 saturated heterocycles. The van der Waals surface area contributed by atoms with E-state index in [1.807, 2.05) is 0 Å².